The number of hydrogen-bond acceptors (Lipinski definition) is 5. The Morgan fingerprint density at radius 1 is 1.15 bits per heavy atom. The molecule has 0 spiro atoms. The number of sulfone groups is 1. The Labute approximate surface area is 156 Å². The predicted octanol–water partition coefficient (Wildman–Crippen LogP) is 2.55. The van der Waals surface area contributed by atoms with Gasteiger partial charge in [-0.25, -0.2) is 13.2 Å². The van der Waals surface area contributed by atoms with Crippen LogP contribution in [0.25, 0.3) is 11.1 Å². The molecule has 0 saturated heterocycles. The molecule has 0 fully saturated rings. The number of amides is 1. The molecular formula is C19H20N2O5S. The van der Waals surface area contributed by atoms with Crippen molar-refractivity contribution in [2.24, 2.45) is 7.05 Å². The maximum absolute atomic E-state index is 12.6. The highest BCUT2D eigenvalue weighted by atomic mass is 32.2. The van der Waals surface area contributed by atoms with Crippen LogP contribution in [0.2, 0.25) is 0 Å². The minimum absolute atomic E-state index is 0.0178. The molecule has 0 atom stereocenters. The molecular weight excluding hydrogens is 368 g/mol. The molecule has 142 valence electrons. The van der Waals surface area contributed by atoms with Gasteiger partial charge in [-0.15, -0.1) is 0 Å². The third-order valence-electron chi connectivity index (χ3n) is 4.47. The van der Waals surface area contributed by atoms with Crippen LogP contribution in [0.3, 0.4) is 0 Å². The number of hydrogen-bond donors (Lipinski definition) is 1. The van der Waals surface area contributed by atoms with Gasteiger partial charge >= 0.3 is 5.76 Å². The van der Waals surface area contributed by atoms with Gasteiger partial charge in [0.25, 0.3) is 0 Å². The summed E-state index contributed by atoms with van der Waals surface area (Å²) in [5.41, 5.74) is 3.23. The summed E-state index contributed by atoms with van der Waals surface area (Å²) in [7, 11) is -2.15. The number of nitrogens with one attached hydrogen (secondary N) is 1. The predicted molar refractivity (Wildman–Crippen MR) is 103 cm³/mol. The van der Waals surface area contributed by atoms with E-state index in [2.05, 4.69) is 5.32 Å². The fourth-order valence-electron chi connectivity index (χ4n) is 2.87. The molecule has 3 aromatic rings. The molecule has 27 heavy (non-hydrogen) atoms. The van der Waals surface area contributed by atoms with Crippen molar-refractivity contribution in [3.8, 4) is 0 Å². The van der Waals surface area contributed by atoms with E-state index in [4.69, 9.17) is 4.42 Å². The summed E-state index contributed by atoms with van der Waals surface area (Å²) in [5, 5.41) is 2.78. The van der Waals surface area contributed by atoms with E-state index in [0.717, 1.165) is 11.1 Å². The lowest BCUT2D eigenvalue weighted by Gasteiger charge is -2.11. The highest BCUT2D eigenvalue weighted by molar-refractivity contribution is 7.91. The average molecular weight is 388 g/mol. The number of anilines is 1. The number of aromatic nitrogens is 1. The lowest BCUT2D eigenvalue weighted by atomic mass is 10.1. The molecule has 3 rings (SSSR count). The van der Waals surface area contributed by atoms with Gasteiger partial charge in [-0.1, -0.05) is 18.2 Å². The fraction of sp³-hybridized carbons (Fsp3) is 0.263. The normalized spacial score (nSPS) is 11.7. The van der Waals surface area contributed by atoms with Crippen LogP contribution in [-0.4, -0.2) is 24.6 Å². The van der Waals surface area contributed by atoms with Crippen LogP contribution in [0.5, 0.6) is 0 Å². The number of carbonyl (C=O) groups is 1. The zero-order valence-corrected chi connectivity index (χ0v) is 16.1. The van der Waals surface area contributed by atoms with E-state index >= 15 is 0 Å². The summed E-state index contributed by atoms with van der Waals surface area (Å²) < 4.78 is 31.4. The third kappa shape index (κ3) is 3.80. The van der Waals surface area contributed by atoms with Crippen molar-refractivity contribution in [2.45, 2.75) is 25.2 Å². The molecule has 0 bridgehead atoms. The zero-order valence-electron chi connectivity index (χ0n) is 15.3. The molecule has 0 aliphatic heterocycles. The third-order valence-corrected chi connectivity index (χ3v) is 6.18. The Hall–Kier alpha value is -2.87. The molecule has 0 aliphatic carbocycles. The standard InChI is InChI=1S/C19H20N2O5S/c1-12-5-4-6-13(2)18(12)20-17(22)9-10-27(24,25)14-7-8-15-16(11-14)26-19(23)21(15)3/h4-8,11H,9-10H2,1-3H3,(H,20,22). The molecule has 8 heteroatoms. The first-order valence-corrected chi connectivity index (χ1v) is 10.0. The molecule has 1 N–H and O–H groups in total. The van der Waals surface area contributed by atoms with Crippen molar-refractivity contribution in [3.05, 3.63) is 58.1 Å². The van der Waals surface area contributed by atoms with Crippen molar-refractivity contribution in [1.29, 1.82) is 0 Å². The van der Waals surface area contributed by atoms with Gasteiger partial charge in [-0.3, -0.25) is 9.36 Å². The van der Waals surface area contributed by atoms with Crippen LogP contribution < -0.4 is 11.1 Å². The van der Waals surface area contributed by atoms with Crippen LogP contribution in [-0.2, 0) is 21.7 Å². The number of para-hydroxylation sites is 1. The quantitative estimate of drug-likeness (QED) is 0.724. The molecule has 0 unspecified atom stereocenters. The number of carbonyl (C=O) groups excluding carboxylic acids is 1. The van der Waals surface area contributed by atoms with Gasteiger partial charge in [0, 0.05) is 25.2 Å². The first-order chi connectivity index (χ1) is 12.7. The van der Waals surface area contributed by atoms with Crippen molar-refractivity contribution < 1.29 is 17.6 Å². The van der Waals surface area contributed by atoms with E-state index in [0.29, 0.717) is 11.2 Å². The van der Waals surface area contributed by atoms with E-state index < -0.39 is 15.6 Å². The summed E-state index contributed by atoms with van der Waals surface area (Å²) in [6.07, 6.45) is -0.174. The first kappa shape index (κ1) is 18.9. The zero-order chi connectivity index (χ0) is 19.8. The Morgan fingerprint density at radius 3 is 2.48 bits per heavy atom. The van der Waals surface area contributed by atoms with E-state index in [1.165, 1.54) is 22.8 Å². The number of rotatable bonds is 5. The smallest absolute Gasteiger partial charge is 0.408 e. The Morgan fingerprint density at radius 2 is 1.81 bits per heavy atom. The summed E-state index contributed by atoms with van der Waals surface area (Å²) in [6.45, 7) is 3.75. The number of aryl methyl sites for hydroxylation is 3. The van der Waals surface area contributed by atoms with Crippen molar-refractivity contribution in [2.75, 3.05) is 11.1 Å². The average Bonchev–Trinajstić information content (AvgIpc) is 2.90. The maximum Gasteiger partial charge on any atom is 0.419 e. The molecule has 1 heterocycles. The molecule has 7 nitrogen and oxygen atoms in total. The van der Waals surface area contributed by atoms with Crippen molar-refractivity contribution >= 4 is 32.5 Å². The van der Waals surface area contributed by atoms with Gasteiger partial charge < -0.3 is 9.73 Å². The first-order valence-electron chi connectivity index (χ1n) is 8.37. The number of fused-ring (bicyclic) bond motifs is 1. The summed E-state index contributed by atoms with van der Waals surface area (Å²) in [4.78, 5) is 23.8. The lowest BCUT2D eigenvalue weighted by Crippen LogP contribution is -2.18. The Bertz CT molecular complexity index is 1170. The van der Waals surface area contributed by atoms with Crippen LogP contribution in [0.15, 0.2) is 50.5 Å². The topological polar surface area (TPSA) is 98.4 Å². The van der Waals surface area contributed by atoms with E-state index in [9.17, 15) is 18.0 Å². The van der Waals surface area contributed by atoms with Gasteiger partial charge in [0.05, 0.1) is 16.2 Å². The van der Waals surface area contributed by atoms with Gasteiger partial charge in [-0.2, -0.15) is 0 Å². The second-order valence-corrected chi connectivity index (χ2v) is 8.55. The summed E-state index contributed by atoms with van der Waals surface area (Å²) in [6, 6.07) is 9.89. The lowest BCUT2D eigenvalue weighted by molar-refractivity contribution is -0.115. The van der Waals surface area contributed by atoms with Crippen molar-refractivity contribution in [1.82, 2.24) is 4.57 Å². The highest BCUT2D eigenvalue weighted by Crippen LogP contribution is 2.21. The number of benzene rings is 2. The maximum atomic E-state index is 12.6. The Balaban J connectivity index is 1.75. The molecule has 1 aromatic heterocycles. The summed E-state index contributed by atoms with van der Waals surface area (Å²) in [5.74, 6) is -1.28. The van der Waals surface area contributed by atoms with Gasteiger partial charge in [0.1, 0.15) is 0 Å². The number of oxazole rings is 1. The monoisotopic (exact) mass is 388 g/mol. The minimum atomic E-state index is -3.70. The van der Waals surface area contributed by atoms with Crippen LogP contribution >= 0.6 is 0 Å². The molecule has 0 saturated carbocycles. The number of nitrogens with zero attached hydrogens (tertiary/aromatic N) is 1. The van der Waals surface area contributed by atoms with E-state index in [-0.39, 0.29) is 28.6 Å². The van der Waals surface area contributed by atoms with Gasteiger partial charge in [-0.05, 0) is 37.1 Å². The molecule has 1 amide bonds. The van der Waals surface area contributed by atoms with Crippen LogP contribution in [0, 0.1) is 13.8 Å². The second kappa shape index (κ2) is 7.03. The molecule has 0 radical (unpaired) electrons. The molecule has 2 aromatic carbocycles. The highest BCUT2D eigenvalue weighted by Gasteiger charge is 2.19. The summed E-state index contributed by atoms with van der Waals surface area (Å²) >= 11 is 0. The van der Waals surface area contributed by atoms with Gasteiger partial charge in [0.15, 0.2) is 15.4 Å². The minimum Gasteiger partial charge on any atom is -0.408 e. The van der Waals surface area contributed by atoms with Gasteiger partial charge in [0.2, 0.25) is 5.91 Å². The van der Waals surface area contributed by atoms with Crippen LogP contribution in [0.4, 0.5) is 5.69 Å². The largest absolute Gasteiger partial charge is 0.419 e. The van der Waals surface area contributed by atoms with Crippen LogP contribution in [0.1, 0.15) is 17.5 Å². The second-order valence-electron chi connectivity index (χ2n) is 6.44. The SMILES string of the molecule is Cc1cccc(C)c1NC(=O)CCS(=O)(=O)c1ccc2c(c1)oc(=O)n2C. The van der Waals surface area contributed by atoms with Crippen molar-refractivity contribution in [3.63, 3.8) is 0 Å². The fourth-order valence-corrected chi connectivity index (χ4v) is 4.12. The van der Waals surface area contributed by atoms with E-state index in [1.807, 2.05) is 32.0 Å². The molecule has 0 aliphatic rings. The van der Waals surface area contributed by atoms with E-state index in [1.54, 1.807) is 7.05 Å². The Kier molecular flexibility index (Phi) is 4.93.